The summed E-state index contributed by atoms with van der Waals surface area (Å²) in [4.78, 5) is 2.24. The number of halogens is 3. The topological polar surface area (TPSA) is 62.2 Å². The first-order chi connectivity index (χ1) is 18.5. The van der Waals surface area contributed by atoms with E-state index in [0.29, 0.717) is 33.9 Å². The number of hydrogen-bond donors (Lipinski definition) is 2. The summed E-state index contributed by atoms with van der Waals surface area (Å²) < 4.78 is 54.9. The lowest BCUT2D eigenvalue weighted by Gasteiger charge is -2.32. The van der Waals surface area contributed by atoms with E-state index in [1.54, 1.807) is 36.4 Å². The Morgan fingerprint density at radius 2 is 1.82 bits per heavy atom. The van der Waals surface area contributed by atoms with E-state index in [2.05, 4.69) is 11.8 Å². The van der Waals surface area contributed by atoms with Crippen LogP contribution in [0.3, 0.4) is 0 Å². The van der Waals surface area contributed by atoms with Gasteiger partial charge in [-0.15, -0.1) is 0 Å². The predicted molar refractivity (Wildman–Crippen MR) is 144 cm³/mol. The summed E-state index contributed by atoms with van der Waals surface area (Å²) in [7, 11) is 0. The monoisotopic (exact) mass is 539 g/mol. The summed E-state index contributed by atoms with van der Waals surface area (Å²) >= 11 is 0. The van der Waals surface area contributed by atoms with Crippen molar-refractivity contribution in [2.45, 2.75) is 45.5 Å². The molecule has 1 unspecified atom stereocenters. The van der Waals surface area contributed by atoms with E-state index < -0.39 is 17.8 Å². The number of allylic oxidation sites excluding steroid dienone is 1. The SMILES string of the molecule is CC1=C(c2cccc(O)c2)C(c2ccc(OC[C@H](C)N3CC[C@@H](C)C3)c(C(F)(F)F)c2)Oc2ccc(O)cc21. The molecule has 8 heteroatoms. The van der Waals surface area contributed by atoms with Crippen LogP contribution in [0.2, 0.25) is 0 Å². The Morgan fingerprint density at radius 3 is 2.51 bits per heavy atom. The molecule has 3 aromatic rings. The fourth-order valence-corrected chi connectivity index (χ4v) is 5.46. The summed E-state index contributed by atoms with van der Waals surface area (Å²) in [6.45, 7) is 7.95. The molecule has 2 heterocycles. The molecule has 5 nitrogen and oxygen atoms in total. The Kier molecular flexibility index (Phi) is 7.25. The zero-order valence-corrected chi connectivity index (χ0v) is 22.1. The van der Waals surface area contributed by atoms with Crippen LogP contribution in [0.15, 0.2) is 60.7 Å². The molecule has 2 N–H and O–H groups in total. The lowest BCUT2D eigenvalue weighted by molar-refractivity contribution is -0.139. The maximum atomic E-state index is 14.3. The number of likely N-dealkylation sites (tertiary alicyclic amines) is 1. The molecule has 0 aromatic heterocycles. The van der Waals surface area contributed by atoms with Gasteiger partial charge in [0.15, 0.2) is 0 Å². The number of phenols is 2. The van der Waals surface area contributed by atoms with Crippen LogP contribution < -0.4 is 9.47 Å². The zero-order valence-electron chi connectivity index (χ0n) is 22.1. The van der Waals surface area contributed by atoms with Crippen molar-refractivity contribution in [1.82, 2.24) is 4.90 Å². The highest BCUT2D eigenvalue weighted by molar-refractivity contribution is 5.96. The van der Waals surface area contributed by atoms with Gasteiger partial charge in [-0.25, -0.2) is 0 Å². The number of alkyl halides is 3. The number of aromatic hydroxyl groups is 2. The maximum Gasteiger partial charge on any atom is 0.419 e. The van der Waals surface area contributed by atoms with Crippen LogP contribution in [0.4, 0.5) is 13.2 Å². The second kappa shape index (κ2) is 10.5. The van der Waals surface area contributed by atoms with E-state index >= 15 is 0 Å². The molecule has 0 spiro atoms. The van der Waals surface area contributed by atoms with E-state index in [-0.39, 0.29) is 29.9 Å². The van der Waals surface area contributed by atoms with Crippen LogP contribution >= 0.6 is 0 Å². The molecule has 3 atom stereocenters. The van der Waals surface area contributed by atoms with Crippen molar-refractivity contribution in [2.24, 2.45) is 5.92 Å². The quantitative estimate of drug-likeness (QED) is 0.345. The summed E-state index contributed by atoms with van der Waals surface area (Å²) in [5.41, 5.74) is 2.00. The van der Waals surface area contributed by atoms with Crippen molar-refractivity contribution in [1.29, 1.82) is 0 Å². The summed E-state index contributed by atoms with van der Waals surface area (Å²) in [6, 6.07) is 15.2. The van der Waals surface area contributed by atoms with E-state index in [1.165, 1.54) is 18.2 Å². The largest absolute Gasteiger partial charge is 0.508 e. The lowest BCUT2D eigenvalue weighted by atomic mass is 9.85. The van der Waals surface area contributed by atoms with Crippen LogP contribution in [-0.2, 0) is 6.18 Å². The van der Waals surface area contributed by atoms with E-state index in [9.17, 15) is 23.4 Å². The van der Waals surface area contributed by atoms with Gasteiger partial charge >= 0.3 is 6.18 Å². The Morgan fingerprint density at radius 1 is 1.05 bits per heavy atom. The Bertz CT molecular complexity index is 1400. The molecule has 2 aliphatic heterocycles. The number of benzene rings is 3. The van der Waals surface area contributed by atoms with E-state index in [4.69, 9.17) is 9.47 Å². The van der Waals surface area contributed by atoms with Gasteiger partial charge in [0.05, 0.1) is 5.56 Å². The minimum Gasteiger partial charge on any atom is -0.508 e. The average molecular weight is 540 g/mol. The fraction of sp³-hybridized carbons (Fsp3) is 0.355. The van der Waals surface area contributed by atoms with Crippen molar-refractivity contribution in [2.75, 3.05) is 19.7 Å². The predicted octanol–water partition coefficient (Wildman–Crippen LogP) is 7.29. The molecule has 206 valence electrons. The lowest BCUT2D eigenvalue weighted by Crippen LogP contribution is -2.35. The van der Waals surface area contributed by atoms with Crippen LogP contribution in [0.25, 0.3) is 11.1 Å². The molecule has 0 bridgehead atoms. The molecule has 0 aliphatic carbocycles. The molecule has 5 rings (SSSR count). The second-order valence-electron chi connectivity index (χ2n) is 10.6. The van der Waals surface area contributed by atoms with Gasteiger partial charge in [0.2, 0.25) is 0 Å². The third kappa shape index (κ3) is 5.57. The molecule has 0 amide bonds. The number of rotatable bonds is 6. The van der Waals surface area contributed by atoms with Crippen molar-refractivity contribution in [3.63, 3.8) is 0 Å². The second-order valence-corrected chi connectivity index (χ2v) is 10.6. The van der Waals surface area contributed by atoms with Gasteiger partial charge in [-0.2, -0.15) is 13.2 Å². The van der Waals surface area contributed by atoms with Gasteiger partial charge in [0, 0.05) is 23.7 Å². The minimum atomic E-state index is -4.64. The smallest absolute Gasteiger partial charge is 0.419 e. The standard InChI is InChI=1S/C31H32F3NO4/c1-18-11-12-35(16-18)19(2)17-38-28-9-7-22(14-26(28)31(32,33)34)30-29(21-5-4-6-23(36)13-21)20(3)25-15-24(37)8-10-27(25)39-30/h4-10,13-15,18-19,30,36-37H,11-12,16-17H2,1-3H3/t18-,19+,30?/m1/s1. The molecule has 1 saturated heterocycles. The summed E-state index contributed by atoms with van der Waals surface area (Å²) in [5, 5.41) is 20.2. The first kappa shape index (κ1) is 26.9. The molecular formula is C31H32F3NO4. The molecular weight excluding hydrogens is 507 g/mol. The van der Waals surface area contributed by atoms with Crippen molar-refractivity contribution in [3.05, 3.63) is 82.9 Å². The van der Waals surface area contributed by atoms with Crippen LogP contribution in [0, 0.1) is 5.92 Å². The average Bonchev–Trinajstić information content (AvgIpc) is 3.33. The normalized spacial score (nSPS) is 20.5. The van der Waals surface area contributed by atoms with Gasteiger partial charge in [-0.3, -0.25) is 4.90 Å². The number of nitrogens with zero attached hydrogens (tertiary/aromatic N) is 1. The van der Waals surface area contributed by atoms with Crippen LogP contribution in [0.1, 0.15) is 55.5 Å². The molecule has 39 heavy (non-hydrogen) atoms. The van der Waals surface area contributed by atoms with Crippen LogP contribution in [0.5, 0.6) is 23.0 Å². The van der Waals surface area contributed by atoms with Crippen molar-refractivity contribution >= 4 is 11.1 Å². The minimum absolute atomic E-state index is 0.00625. The highest BCUT2D eigenvalue weighted by Gasteiger charge is 2.37. The van der Waals surface area contributed by atoms with E-state index in [0.717, 1.165) is 31.1 Å². The molecule has 3 aromatic carbocycles. The van der Waals surface area contributed by atoms with Gasteiger partial charge in [-0.1, -0.05) is 25.1 Å². The Labute approximate surface area is 226 Å². The number of hydrogen-bond acceptors (Lipinski definition) is 5. The van der Waals surface area contributed by atoms with Crippen LogP contribution in [-0.4, -0.2) is 40.9 Å². The van der Waals surface area contributed by atoms with Gasteiger partial charge in [0.25, 0.3) is 0 Å². The first-order valence-electron chi connectivity index (χ1n) is 13.1. The Balaban J connectivity index is 1.53. The van der Waals surface area contributed by atoms with Crippen molar-refractivity contribution < 1.29 is 32.9 Å². The third-order valence-corrected chi connectivity index (χ3v) is 7.61. The molecule has 1 fully saturated rings. The fourth-order valence-electron chi connectivity index (χ4n) is 5.46. The maximum absolute atomic E-state index is 14.3. The molecule has 2 aliphatic rings. The number of ether oxygens (including phenoxy) is 2. The summed E-state index contributed by atoms with van der Waals surface area (Å²) in [6.07, 6.45) is -4.45. The molecule has 0 radical (unpaired) electrons. The van der Waals surface area contributed by atoms with Crippen molar-refractivity contribution in [3.8, 4) is 23.0 Å². The first-order valence-corrected chi connectivity index (χ1v) is 13.1. The van der Waals surface area contributed by atoms with Gasteiger partial charge < -0.3 is 19.7 Å². The third-order valence-electron chi connectivity index (χ3n) is 7.61. The Hall–Kier alpha value is -3.65. The number of phenolic OH excluding ortho intramolecular Hbond substituents is 2. The van der Waals surface area contributed by atoms with E-state index in [1.807, 2.05) is 13.8 Å². The highest BCUT2D eigenvalue weighted by Crippen LogP contribution is 2.49. The number of fused-ring (bicyclic) bond motifs is 1. The van der Waals surface area contributed by atoms with Gasteiger partial charge in [-0.05, 0) is 91.9 Å². The molecule has 0 saturated carbocycles. The highest BCUT2D eigenvalue weighted by atomic mass is 19.4. The zero-order chi connectivity index (χ0) is 27.9. The van der Waals surface area contributed by atoms with Gasteiger partial charge in [0.1, 0.15) is 35.7 Å². The summed E-state index contributed by atoms with van der Waals surface area (Å²) in [5.74, 6) is 0.866.